The van der Waals surface area contributed by atoms with E-state index in [2.05, 4.69) is 0 Å². The Morgan fingerprint density at radius 2 is 1.53 bits per heavy atom. The summed E-state index contributed by atoms with van der Waals surface area (Å²) in [7, 11) is -8.08. The van der Waals surface area contributed by atoms with Gasteiger partial charge in [0.05, 0.1) is 50.7 Å². The molecule has 1 N–H and O–H groups in total. The highest BCUT2D eigenvalue weighted by Gasteiger charge is 2.36. The van der Waals surface area contributed by atoms with Gasteiger partial charge in [-0.05, 0) is 6.42 Å². The number of esters is 2. The fourth-order valence-electron chi connectivity index (χ4n) is 2.81. The largest absolute Gasteiger partial charge is 0.748 e. The molecular formula is C19H36O15S3Si-2. The van der Waals surface area contributed by atoms with E-state index in [1.54, 1.807) is 0 Å². The summed E-state index contributed by atoms with van der Waals surface area (Å²) in [5.74, 6) is -4.79. The molecule has 0 rings (SSSR count). The molecule has 0 saturated heterocycles. The molecule has 38 heavy (non-hydrogen) atoms. The predicted octanol–water partition coefficient (Wildman–Crippen LogP) is -1.06. The smallest absolute Gasteiger partial charge is 0.500 e. The number of rotatable bonds is 22. The Labute approximate surface area is 228 Å². The molecule has 226 valence electrons. The Morgan fingerprint density at radius 1 is 0.974 bits per heavy atom. The van der Waals surface area contributed by atoms with E-state index in [9.17, 15) is 40.6 Å². The second kappa shape index (κ2) is 18.5. The third-order valence-corrected chi connectivity index (χ3v) is 10.4. The van der Waals surface area contributed by atoms with Crippen molar-refractivity contribution >= 4 is 52.7 Å². The molecule has 2 unspecified atom stereocenters. The van der Waals surface area contributed by atoms with Crippen molar-refractivity contribution in [2.24, 2.45) is 5.92 Å². The minimum Gasteiger partial charge on any atom is -0.748 e. The Kier molecular flexibility index (Phi) is 18.0. The van der Waals surface area contributed by atoms with Crippen LogP contribution in [-0.4, -0.2) is 128 Å². The van der Waals surface area contributed by atoms with Crippen molar-refractivity contribution in [2.75, 3.05) is 64.2 Å². The maximum absolute atomic E-state index is 12.1. The van der Waals surface area contributed by atoms with Gasteiger partial charge in [0.1, 0.15) is 18.8 Å². The van der Waals surface area contributed by atoms with E-state index < -0.39 is 70.6 Å². The molecule has 0 heterocycles. The molecule has 0 bridgehead atoms. The van der Waals surface area contributed by atoms with Crippen molar-refractivity contribution in [2.45, 2.75) is 38.0 Å². The van der Waals surface area contributed by atoms with Crippen molar-refractivity contribution < 1.29 is 68.1 Å². The summed E-state index contributed by atoms with van der Waals surface area (Å²) in [6.07, 6.45) is -2.40. The van der Waals surface area contributed by atoms with Crippen molar-refractivity contribution in [1.29, 1.82) is 0 Å². The number of carbonyl (C=O) groups excluding carboxylic acids is 2. The van der Waals surface area contributed by atoms with Gasteiger partial charge in [-0.15, -0.1) is 0 Å². The topological polar surface area (TPSA) is 224 Å². The molecule has 15 nitrogen and oxygen atoms in total. The van der Waals surface area contributed by atoms with Crippen LogP contribution < -0.4 is 0 Å². The van der Waals surface area contributed by atoms with E-state index in [0.717, 1.165) is 11.8 Å². The summed E-state index contributed by atoms with van der Waals surface area (Å²) in [5, 5.41) is 9.88. The van der Waals surface area contributed by atoms with Crippen LogP contribution in [0.2, 0.25) is 6.04 Å². The van der Waals surface area contributed by atoms with Crippen LogP contribution in [0.3, 0.4) is 0 Å². The number of carbonyl (C=O) groups is 2. The minimum absolute atomic E-state index is 0.0384. The zero-order valence-electron chi connectivity index (χ0n) is 21.7. The average Bonchev–Trinajstić information content (AvgIpc) is 2.80. The van der Waals surface area contributed by atoms with Crippen molar-refractivity contribution in [3.63, 3.8) is 0 Å². The van der Waals surface area contributed by atoms with E-state index in [0.29, 0.717) is 19.1 Å². The van der Waals surface area contributed by atoms with Gasteiger partial charge in [0.25, 0.3) is 0 Å². The molecule has 0 aliphatic rings. The lowest BCUT2D eigenvalue weighted by Crippen LogP contribution is -2.42. The standard InChI is InChI=1S/C19H38O15S3Si/c1-15(19(22)34-17(13-36(23,24)25)14-37(26,27)28)12-35-8-6-18(21)33-11-16(20)10-32-7-5-9-38(29-2,30-3)31-4/h15-17,20H,5-14H2,1-4H3,(H,23,24,25)(H,26,27,28)/p-2. The number of aliphatic hydroxyl groups is 1. The summed E-state index contributed by atoms with van der Waals surface area (Å²) in [6.45, 7) is 1.39. The Bertz CT molecular complexity index is 866. The molecule has 0 saturated carbocycles. The Morgan fingerprint density at radius 3 is 2.03 bits per heavy atom. The number of hydrogen-bond acceptors (Lipinski definition) is 16. The van der Waals surface area contributed by atoms with Gasteiger partial charge in [-0.25, -0.2) is 16.8 Å². The molecule has 0 aromatic heterocycles. The summed E-state index contributed by atoms with van der Waals surface area (Å²) in [6, 6.07) is 0.528. The third kappa shape index (κ3) is 18.4. The monoisotopic (exact) mass is 628 g/mol. The molecule has 0 spiro atoms. The number of ether oxygens (including phenoxy) is 3. The number of aliphatic hydroxyl groups excluding tert-OH is 1. The summed E-state index contributed by atoms with van der Waals surface area (Å²) in [4.78, 5) is 23.9. The first kappa shape index (κ1) is 37.1. The van der Waals surface area contributed by atoms with Gasteiger partial charge in [0, 0.05) is 45.5 Å². The Balaban J connectivity index is 4.19. The van der Waals surface area contributed by atoms with E-state index in [1.165, 1.54) is 28.3 Å². The maximum atomic E-state index is 12.1. The van der Waals surface area contributed by atoms with Crippen LogP contribution in [0.4, 0.5) is 0 Å². The van der Waals surface area contributed by atoms with Gasteiger partial charge in [-0.1, -0.05) is 6.92 Å². The van der Waals surface area contributed by atoms with Crippen LogP contribution in [0.1, 0.15) is 19.8 Å². The molecule has 0 aromatic carbocycles. The van der Waals surface area contributed by atoms with Gasteiger partial charge in [0.2, 0.25) is 0 Å². The molecular weight excluding hydrogens is 592 g/mol. The second-order valence-corrected chi connectivity index (χ2v) is 15.2. The highest BCUT2D eigenvalue weighted by Crippen LogP contribution is 2.15. The Hall–Kier alpha value is -0.873. The highest BCUT2D eigenvalue weighted by atomic mass is 32.2. The van der Waals surface area contributed by atoms with Crippen LogP contribution in [-0.2, 0) is 57.3 Å². The highest BCUT2D eigenvalue weighted by molar-refractivity contribution is 7.99. The zero-order chi connectivity index (χ0) is 29.4. The molecule has 2 atom stereocenters. The first-order valence-corrected chi connectivity index (χ1v) is 17.5. The van der Waals surface area contributed by atoms with Gasteiger partial charge < -0.3 is 41.7 Å². The molecule has 0 amide bonds. The van der Waals surface area contributed by atoms with Crippen LogP contribution in [0.15, 0.2) is 0 Å². The zero-order valence-corrected chi connectivity index (χ0v) is 25.1. The molecule has 0 aliphatic carbocycles. The quantitative estimate of drug-likeness (QED) is 0.0652. The molecule has 19 heteroatoms. The first-order chi connectivity index (χ1) is 17.6. The maximum Gasteiger partial charge on any atom is 0.500 e. The normalized spacial score (nSPS) is 14.3. The lowest BCUT2D eigenvalue weighted by atomic mass is 10.2. The van der Waals surface area contributed by atoms with E-state index in [1.807, 2.05) is 0 Å². The van der Waals surface area contributed by atoms with E-state index in [4.69, 9.17) is 27.5 Å². The van der Waals surface area contributed by atoms with Gasteiger partial charge >= 0.3 is 20.7 Å². The lowest BCUT2D eigenvalue weighted by molar-refractivity contribution is -0.150. The van der Waals surface area contributed by atoms with Crippen LogP contribution in [0, 0.1) is 5.92 Å². The molecule has 0 radical (unpaired) electrons. The van der Waals surface area contributed by atoms with Crippen molar-refractivity contribution in [3.8, 4) is 0 Å². The van der Waals surface area contributed by atoms with E-state index >= 15 is 0 Å². The van der Waals surface area contributed by atoms with E-state index in [-0.39, 0.29) is 31.1 Å². The van der Waals surface area contributed by atoms with Crippen LogP contribution in [0.5, 0.6) is 0 Å². The summed E-state index contributed by atoms with van der Waals surface area (Å²) in [5.41, 5.74) is 0. The van der Waals surface area contributed by atoms with Crippen molar-refractivity contribution in [3.05, 3.63) is 0 Å². The van der Waals surface area contributed by atoms with Crippen molar-refractivity contribution in [1.82, 2.24) is 0 Å². The predicted molar refractivity (Wildman–Crippen MR) is 134 cm³/mol. The fraction of sp³-hybridized carbons (Fsp3) is 0.895. The second-order valence-electron chi connectivity index (χ2n) is 8.04. The van der Waals surface area contributed by atoms with Crippen LogP contribution >= 0.6 is 11.8 Å². The SMILES string of the molecule is CO[Si](CCCOCC(O)COC(=O)CCSCC(C)C(=O)OC(CS(=O)(=O)[O-])CS(=O)(=O)[O-])(OC)OC. The minimum atomic E-state index is -4.95. The third-order valence-electron chi connectivity index (χ3n) is 4.74. The number of hydrogen-bond donors (Lipinski definition) is 1. The van der Waals surface area contributed by atoms with Gasteiger partial charge in [-0.2, -0.15) is 11.8 Å². The number of thioether (sulfide) groups is 1. The molecule has 0 fully saturated rings. The first-order valence-electron chi connectivity index (χ1n) is 11.3. The van der Waals surface area contributed by atoms with Gasteiger partial charge in [0.15, 0.2) is 0 Å². The summed E-state index contributed by atoms with van der Waals surface area (Å²) < 4.78 is 96.1. The fourth-order valence-corrected chi connectivity index (χ4v) is 6.90. The molecule has 0 aliphatic heterocycles. The van der Waals surface area contributed by atoms with Gasteiger partial charge in [-0.3, -0.25) is 9.59 Å². The summed E-state index contributed by atoms with van der Waals surface area (Å²) >= 11 is 1.16. The molecule has 0 aromatic rings. The van der Waals surface area contributed by atoms with Crippen LogP contribution in [0.25, 0.3) is 0 Å². The lowest BCUT2D eigenvalue weighted by Gasteiger charge is -2.24. The average molecular weight is 629 g/mol.